The van der Waals surface area contributed by atoms with Gasteiger partial charge in [-0.1, -0.05) is 13.8 Å². The van der Waals surface area contributed by atoms with Gasteiger partial charge < -0.3 is 4.57 Å². The van der Waals surface area contributed by atoms with Crippen LogP contribution in [-0.2, 0) is 29.5 Å². The van der Waals surface area contributed by atoms with Gasteiger partial charge in [0, 0.05) is 45.5 Å². The van der Waals surface area contributed by atoms with Gasteiger partial charge in [0.15, 0.2) is 0 Å². The van der Waals surface area contributed by atoms with Crippen LogP contribution >= 0.6 is 0 Å². The molecule has 0 fully saturated rings. The van der Waals surface area contributed by atoms with Crippen molar-refractivity contribution in [1.29, 1.82) is 0 Å². The number of aromatic nitrogens is 4. The Kier molecular flexibility index (Phi) is 5.25. The van der Waals surface area contributed by atoms with E-state index in [2.05, 4.69) is 28.5 Å². The Morgan fingerprint density at radius 2 is 2.08 bits per heavy atom. The lowest BCUT2D eigenvalue weighted by Crippen LogP contribution is -2.35. The first-order chi connectivity index (χ1) is 12.2. The van der Waals surface area contributed by atoms with Gasteiger partial charge in [-0.2, -0.15) is 5.10 Å². The zero-order valence-electron chi connectivity index (χ0n) is 16.3. The summed E-state index contributed by atoms with van der Waals surface area (Å²) >= 11 is 0. The minimum atomic E-state index is -3.55. The number of rotatable bonds is 6. The minimum absolute atomic E-state index is 0.294. The Hall–Kier alpha value is -1.67. The lowest BCUT2D eigenvalue weighted by molar-refractivity contribution is 0.303. The van der Waals surface area contributed by atoms with E-state index in [0.29, 0.717) is 29.0 Å². The Morgan fingerprint density at radius 1 is 1.35 bits per heavy atom. The molecular formula is C18H29N5O2S. The van der Waals surface area contributed by atoms with Gasteiger partial charge >= 0.3 is 0 Å². The standard InChI is InChI=1S/C18H29N5O2S/c1-13(2)10-23-15(4)18(14(3)20-23)26(24,25)21(5)11-16-6-7-17-19-8-9-22(17)12-16/h8-9,13,16H,6-7,10-12H2,1-5H3/t16-/m0/s1. The maximum absolute atomic E-state index is 13.2. The largest absolute Gasteiger partial charge is 0.335 e. The normalized spacial score (nSPS) is 17.9. The number of imidazole rings is 1. The molecule has 0 spiro atoms. The fourth-order valence-electron chi connectivity index (χ4n) is 3.78. The van der Waals surface area contributed by atoms with E-state index in [1.165, 1.54) is 4.31 Å². The number of aryl methyl sites for hydroxylation is 2. The number of fused-ring (bicyclic) bond motifs is 1. The molecule has 0 radical (unpaired) electrons. The van der Waals surface area contributed by atoms with Gasteiger partial charge in [-0.05, 0) is 32.1 Å². The highest BCUT2D eigenvalue weighted by Crippen LogP contribution is 2.26. The van der Waals surface area contributed by atoms with E-state index in [1.54, 1.807) is 14.0 Å². The number of hydrogen-bond donors (Lipinski definition) is 0. The Balaban J connectivity index is 1.79. The molecule has 1 aliphatic heterocycles. The van der Waals surface area contributed by atoms with Crippen molar-refractivity contribution in [3.63, 3.8) is 0 Å². The van der Waals surface area contributed by atoms with Crippen LogP contribution in [0, 0.1) is 25.7 Å². The summed E-state index contributed by atoms with van der Waals surface area (Å²) in [6, 6.07) is 0. The van der Waals surface area contributed by atoms with Crippen LogP contribution in [-0.4, -0.2) is 45.6 Å². The summed E-state index contributed by atoms with van der Waals surface area (Å²) in [6.07, 6.45) is 5.64. The first-order valence-corrected chi connectivity index (χ1v) is 10.6. The van der Waals surface area contributed by atoms with Crippen molar-refractivity contribution in [3.05, 3.63) is 29.6 Å². The van der Waals surface area contributed by atoms with Crippen molar-refractivity contribution in [2.45, 2.75) is 58.5 Å². The number of nitrogens with zero attached hydrogens (tertiary/aromatic N) is 5. The molecule has 8 heteroatoms. The molecule has 3 heterocycles. The van der Waals surface area contributed by atoms with Crippen molar-refractivity contribution in [2.75, 3.05) is 13.6 Å². The van der Waals surface area contributed by atoms with Crippen LogP contribution in [0.1, 0.15) is 37.5 Å². The topological polar surface area (TPSA) is 73.0 Å². The van der Waals surface area contributed by atoms with Gasteiger partial charge in [0.1, 0.15) is 10.7 Å². The van der Waals surface area contributed by atoms with Crippen LogP contribution in [0.5, 0.6) is 0 Å². The van der Waals surface area contributed by atoms with Gasteiger partial charge in [0.05, 0.1) is 11.4 Å². The first kappa shape index (κ1) is 19.1. The molecule has 0 N–H and O–H groups in total. The minimum Gasteiger partial charge on any atom is -0.335 e. The van der Waals surface area contributed by atoms with Gasteiger partial charge in [-0.25, -0.2) is 17.7 Å². The second-order valence-electron chi connectivity index (χ2n) is 7.76. The zero-order chi connectivity index (χ0) is 19.1. The zero-order valence-corrected chi connectivity index (χ0v) is 17.1. The molecule has 0 saturated heterocycles. The summed E-state index contributed by atoms with van der Waals surface area (Å²) in [5.41, 5.74) is 1.30. The van der Waals surface area contributed by atoms with Gasteiger partial charge in [-0.3, -0.25) is 4.68 Å². The summed E-state index contributed by atoms with van der Waals surface area (Å²) in [7, 11) is -1.88. The van der Waals surface area contributed by atoms with Crippen LogP contribution in [0.4, 0.5) is 0 Å². The fraction of sp³-hybridized carbons (Fsp3) is 0.667. The molecule has 144 valence electrons. The third kappa shape index (κ3) is 3.57. The summed E-state index contributed by atoms with van der Waals surface area (Å²) in [6.45, 7) is 9.88. The molecule has 1 aliphatic rings. The second-order valence-corrected chi connectivity index (χ2v) is 9.74. The highest BCUT2D eigenvalue weighted by molar-refractivity contribution is 7.89. The summed E-state index contributed by atoms with van der Waals surface area (Å²) < 4.78 is 31.8. The molecule has 0 aromatic carbocycles. The number of hydrogen-bond acceptors (Lipinski definition) is 4. The SMILES string of the molecule is Cc1nn(CC(C)C)c(C)c1S(=O)(=O)N(C)C[C@@H]1CCc2nccn2C1. The van der Waals surface area contributed by atoms with Gasteiger partial charge in [-0.15, -0.1) is 0 Å². The third-order valence-electron chi connectivity index (χ3n) is 5.07. The van der Waals surface area contributed by atoms with E-state index in [1.807, 2.05) is 24.0 Å². The van der Waals surface area contributed by atoms with Crippen molar-refractivity contribution in [1.82, 2.24) is 23.6 Å². The van der Waals surface area contributed by atoms with Gasteiger partial charge in [0.25, 0.3) is 0 Å². The van der Waals surface area contributed by atoms with Crippen molar-refractivity contribution in [2.24, 2.45) is 11.8 Å². The van der Waals surface area contributed by atoms with Crippen molar-refractivity contribution < 1.29 is 8.42 Å². The lowest BCUT2D eigenvalue weighted by atomic mass is 10.00. The van der Waals surface area contributed by atoms with Crippen molar-refractivity contribution >= 4 is 10.0 Å². The second kappa shape index (κ2) is 7.15. The molecule has 7 nitrogen and oxygen atoms in total. The predicted octanol–water partition coefficient (Wildman–Crippen LogP) is 2.24. The molecule has 0 bridgehead atoms. The molecule has 3 rings (SSSR count). The highest BCUT2D eigenvalue weighted by Gasteiger charge is 2.31. The first-order valence-electron chi connectivity index (χ1n) is 9.20. The smallest absolute Gasteiger partial charge is 0.246 e. The Labute approximate surface area is 156 Å². The molecule has 1 atom stereocenters. The molecular weight excluding hydrogens is 350 g/mol. The van der Waals surface area contributed by atoms with Crippen LogP contribution in [0.25, 0.3) is 0 Å². The molecule has 26 heavy (non-hydrogen) atoms. The summed E-state index contributed by atoms with van der Waals surface area (Å²) in [5.74, 6) is 1.80. The molecule has 0 amide bonds. The molecule has 0 saturated carbocycles. The highest BCUT2D eigenvalue weighted by atomic mass is 32.2. The summed E-state index contributed by atoms with van der Waals surface area (Å²) in [4.78, 5) is 4.70. The van der Waals surface area contributed by atoms with E-state index in [-0.39, 0.29) is 0 Å². The third-order valence-corrected chi connectivity index (χ3v) is 7.15. The predicted molar refractivity (Wildman–Crippen MR) is 100 cm³/mol. The lowest BCUT2D eigenvalue weighted by Gasteiger charge is -2.27. The molecule has 2 aromatic rings. The molecule has 2 aromatic heterocycles. The maximum Gasteiger partial charge on any atom is 0.246 e. The maximum atomic E-state index is 13.2. The average Bonchev–Trinajstić information content (AvgIpc) is 3.11. The van der Waals surface area contributed by atoms with Crippen LogP contribution in [0.3, 0.4) is 0 Å². The monoisotopic (exact) mass is 379 g/mol. The molecule has 0 aliphatic carbocycles. The van der Waals surface area contributed by atoms with E-state index in [0.717, 1.165) is 37.4 Å². The Morgan fingerprint density at radius 3 is 2.77 bits per heavy atom. The van der Waals surface area contributed by atoms with Crippen LogP contribution in [0.2, 0.25) is 0 Å². The van der Waals surface area contributed by atoms with E-state index in [4.69, 9.17) is 0 Å². The van der Waals surface area contributed by atoms with E-state index in [9.17, 15) is 8.42 Å². The Bertz CT molecular complexity index is 882. The van der Waals surface area contributed by atoms with Gasteiger partial charge in [0.2, 0.25) is 10.0 Å². The van der Waals surface area contributed by atoms with Crippen molar-refractivity contribution in [3.8, 4) is 0 Å². The summed E-state index contributed by atoms with van der Waals surface area (Å²) in [5, 5.41) is 4.47. The molecule has 0 unspecified atom stereocenters. The average molecular weight is 380 g/mol. The van der Waals surface area contributed by atoms with E-state index < -0.39 is 10.0 Å². The van der Waals surface area contributed by atoms with E-state index >= 15 is 0 Å². The quantitative estimate of drug-likeness (QED) is 0.771. The van der Waals surface area contributed by atoms with Crippen LogP contribution < -0.4 is 0 Å². The van der Waals surface area contributed by atoms with Crippen LogP contribution in [0.15, 0.2) is 17.3 Å². The number of sulfonamides is 1. The fourth-order valence-corrected chi connectivity index (χ4v) is 5.39.